The highest BCUT2D eigenvalue weighted by molar-refractivity contribution is 5.84. The number of alkyl halides is 1. The van der Waals surface area contributed by atoms with Crippen LogP contribution in [0.3, 0.4) is 0 Å². The molecule has 0 radical (unpaired) electrons. The third-order valence-electron chi connectivity index (χ3n) is 5.14. The fourth-order valence-corrected chi connectivity index (χ4v) is 3.40. The van der Waals surface area contributed by atoms with Crippen LogP contribution in [0.4, 0.5) is 17.6 Å². The van der Waals surface area contributed by atoms with Gasteiger partial charge in [0.2, 0.25) is 5.91 Å². The second-order valence-corrected chi connectivity index (χ2v) is 8.02. The molecule has 3 N–H and O–H groups in total. The van der Waals surface area contributed by atoms with Crippen LogP contribution in [0.25, 0.3) is 0 Å². The molecule has 1 aromatic carbocycles. The number of hydrogen-bond donors (Lipinski definition) is 3. The van der Waals surface area contributed by atoms with Crippen LogP contribution in [0.2, 0.25) is 0 Å². The van der Waals surface area contributed by atoms with Crippen LogP contribution in [0.15, 0.2) is 12.1 Å². The first-order valence-electron chi connectivity index (χ1n) is 9.67. The van der Waals surface area contributed by atoms with Gasteiger partial charge in [-0.15, -0.1) is 0 Å². The molecule has 168 valence electrons. The number of carbonyl (C=O) groups excluding carboxylic acids is 2. The maximum absolute atomic E-state index is 13.9. The highest BCUT2D eigenvalue weighted by Gasteiger charge is 2.36. The zero-order chi connectivity index (χ0) is 22.6. The minimum Gasteiger partial charge on any atom is -0.391 e. The first-order valence-corrected chi connectivity index (χ1v) is 9.67. The lowest BCUT2D eigenvalue weighted by molar-refractivity contribution is -0.134. The van der Waals surface area contributed by atoms with Crippen molar-refractivity contribution < 1.29 is 32.3 Å². The van der Waals surface area contributed by atoms with Gasteiger partial charge in [0.1, 0.15) is 5.82 Å². The molecule has 1 heterocycles. The molecule has 2 rings (SSSR count). The number of aliphatic hydroxyl groups is 1. The molecule has 0 aliphatic carbocycles. The number of β-amino-alcohol motifs (C(OH)–C–C–N with tert-alkyl or cyclic N) is 1. The third-order valence-corrected chi connectivity index (χ3v) is 5.14. The maximum atomic E-state index is 13.9. The van der Waals surface area contributed by atoms with Crippen molar-refractivity contribution in [1.82, 2.24) is 15.5 Å². The zero-order valence-corrected chi connectivity index (χ0v) is 17.1. The molecule has 2 amide bonds. The molecule has 1 aliphatic rings. The van der Waals surface area contributed by atoms with Crippen LogP contribution < -0.4 is 10.6 Å². The molecule has 1 aliphatic heterocycles. The van der Waals surface area contributed by atoms with E-state index in [0.717, 1.165) is 19.9 Å². The van der Waals surface area contributed by atoms with E-state index in [9.17, 15) is 32.3 Å². The summed E-state index contributed by atoms with van der Waals surface area (Å²) in [6.45, 7) is 2.26. The molecule has 0 aromatic heterocycles. The van der Waals surface area contributed by atoms with Crippen LogP contribution in [0.1, 0.15) is 32.3 Å². The number of hydrogen-bond acceptors (Lipinski definition) is 4. The highest BCUT2D eigenvalue weighted by Crippen LogP contribution is 2.21. The van der Waals surface area contributed by atoms with Crippen LogP contribution in [0, 0.1) is 17.5 Å². The Labute approximate surface area is 172 Å². The maximum Gasteiger partial charge on any atom is 0.257 e. The largest absolute Gasteiger partial charge is 0.391 e. The highest BCUT2D eigenvalue weighted by atomic mass is 19.2. The van der Waals surface area contributed by atoms with Gasteiger partial charge >= 0.3 is 0 Å². The van der Waals surface area contributed by atoms with Crippen molar-refractivity contribution in [3.63, 3.8) is 0 Å². The molecule has 1 fully saturated rings. The lowest BCUT2D eigenvalue weighted by Gasteiger charge is -2.27. The number of amides is 2. The van der Waals surface area contributed by atoms with E-state index in [2.05, 4.69) is 10.6 Å². The summed E-state index contributed by atoms with van der Waals surface area (Å²) in [5.41, 5.74) is -2.14. The standard InChI is InChI=1S/C20H27F4N3O3/c1-20(2,24)19(30)26-9-13-7-14(28)10-27(13)18(29)6-12(25-3)4-11-5-16(22)17(23)8-15(11)21/h5,8,12-14,25,28H,4,6-7,9-10H2,1-3H3,(H,26,30)/t12-,13+,14-/m1/s1. The van der Waals surface area contributed by atoms with Crippen molar-refractivity contribution in [2.24, 2.45) is 0 Å². The summed E-state index contributed by atoms with van der Waals surface area (Å²) in [7, 11) is 1.55. The van der Waals surface area contributed by atoms with Gasteiger partial charge in [-0.05, 0) is 45.4 Å². The molecular weight excluding hydrogens is 406 g/mol. The van der Waals surface area contributed by atoms with Gasteiger partial charge in [-0.25, -0.2) is 17.6 Å². The van der Waals surface area contributed by atoms with E-state index in [1.54, 1.807) is 7.05 Å². The number of nitrogens with zero attached hydrogens (tertiary/aromatic N) is 1. The summed E-state index contributed by atoms with van der Waals surface area (Å²) in [5, 5.41) is 15.2. The summed E-state index contributed by atoms with van der Waals surface area (Å²) in [6.07, 6.45) is -0.716. The minimum absolute atomic E-state index is 0.0169. The zero-order valence-electron chi connectivity index (χ0n) is 17.1. The van der Waals surface area contributed by atoms with Crippen LogP contribution in [-0.2, 0) is 16.0 Å². The van der Waals surface area contributed by atoms with E-state index >= 15 is 0 Å². The first kappa shape index (κ1) is 24.1. The molecule has 0 spiro atoms. The molecule has 0 unspecified atom stereocenters. The molecule has 3 atom stereocenters. The molecule has 1 saturated heterocycles. The van der Waals surface area contributed by atoms with Crippen LogP contribution in [-0.4, -0.2) is 65.8 Å². The van der Waals surface area contributed by atoms with Crippen molar-refractivity contribution in [2.45, 2.75) is 57.0 Å². The van der Waals surface area contributed by atoms with Gasteiger partial charge in [-0.3, -0.25) is 9.59 Å². The lowest BCUT2D eigenvalue weighted by Crippen LogP contribution is -2.48. The van der Waals surface area contributed by atoms with Crippen molar-refractivity contribution >= 4 is 11.8 Å². The Bertz CT molecular complexity index is 785. The van der Waals surface area contributed by atoms with Gasteiger partial charge in [0, 0.05) is 31.6 Å². The second-order valence-electron chi connectivity index (χ2n) is 8.02. The predicted molar refractivity (Wildman–Crippen MR) is 102 cm³/mol. The summed E-state index contributed by atoms with van der Waals surface area (Å²) < 4.78 is 54.1. The second kappa shape index (κ2) is 9.74. The van der Waals surface area contributed by atoms with E-state index in [-0.39, 0.29) is 43.8 Å². The van der Waals surface area contributed by atoms with E-state index in [1.165, 1.54) is 4.90 Å². The molecular formula is C20H27F4N3O3. The minimum atomic E-state index is -2.07. The Morgan fingerprint density at radius 3 is 2.47 bits per heavy atom. The number of benzene rings is 1. The number of likely N-dealkylation sites (N-methyl/N-ethyl adjacent to an activating group) is 1. The van der Waals surface area contributed by atoms with E-state index < -0.39 is 47.2 Å². The molecule has 0 saturated carbocycles. The fourth-order valence-electron chi connectivity index (χ4n) is 3.40. The molecule has 10 heteroatoms. The summed E-state index contributed by atoms with van der Waals surface area (Å²) >= 11 is 0. The molecule has 1 aromatic rings. The number of likely N-dealkylation sites (tertiary alicyclic amines) is 1. The van der Waals surface area contributed by atoms with Gasteiger partial charge in [-0.2, -0.15) is 0 Å². The topological polar surface area (TPSA) is 81.7 Å². The van der Waals surface area contributed by atoms with Gasteiger partial charge in [-0.1, -0.05) is 0 Å². The van der Waals surface area contributed by atoms with Crippen molar-refractivity contribution in [3.8, 4) is 0 Å². The number of rotatable bonds is 8. The van der Waals surface area contributed by atoms with Crippen LogP contribution in [0.5, 0.6) is 0 Å². The summed E-state index contributed by atoms with van der Waals surface area (Å²) in [5.74, 6) is -4.57. The average molecular weight is 433 g/mol. The van der Waals surface area contributed by atoms with E-state index in [1.807, 2.05) is 0 Å². The molecule has 6 nitrogen and oxygen atoms in total. The number of aliphatic hydroxyl groups excluding tert-OH is 1. The quantitative estimate of drug-likeness (QED) is 0.428. The van der Waals surface area contributed by atoms with Gasteiger partial charge in [0.25, 0.3) is 5.91 Å². The average Bonchev–Trinajstić information content (AvgIpc) is 3.03. The lowest BCUT2D eigenvalue weighted by atomic mass is 10.0. The Morgan fingerprint density at radius 1 is 1.23 bits per heavy atom. The molecule has 0 bridgehead atoms. The smallest absolute Gasteiger partial charge is 0.257 e. The van der Waals surface area contributed by atoms with E-state index in [0.29, 0.717) is 6.07 Å². The summed E-state index contributed by atoms with van der Waals surface area (Å²) in [6, 6.07) is 0.128. The number of halogens is 4. The van der Waals surface area contributed by atoms with Crippen LogP contribution >= 0.6 is 0 Å². The molecule has 30 heavy (non-hydrogen) atoms. The predicted octanol–water partition coefficient (Wildman–Crippen LogP) is 1.45. The monoisotopic (exact) mass is 433 g/mol. The Kier molecular flexibility index (Phi) is 7.81. The Balaban J connectivity index is 2.02. The van der Waals surface area contributed by atoms with Gasteiger partial charge in [0.05, 0.1) is 12.1 Å². The van der Waals surface area contributed by atoms with Crippen molar-refractivity contribution in [2.75, 3.05) is 20.1 Å². The SMILES string of the molecule is CN[C@@H](CC(=O)N1C[C@H](O)C[C@H]1CNC(=O)C(C)(C)F)Cc1cc(F)c(F)cc1F. The number of nitrogens with one attached hydrogen (secondary N) is 2. The van der Waals surface area contributed by atoms with Gasteiger partial charge in [0.15, 0.2) is 17.3 Å². The number of carbonyl (C=O) groups is 2. The van der Waals surface area contributed by atoms with E-state index in [4.69, 9.17) is 0 Å². The van der Waals surface area contributed by atoms with Gasteiger partial charge < -0.3 is 20.6 Å². The third kappa shape index (κ3) is 6.15. The first-order chi connectivity index (χ1) is 13.9. The summed E-state index contributed by atoms with van der Waals surface area (Å²) in [4.78, 5) is 25.9. The Morgan fingerprint density at radius 2 is 1.87 bits per heavy atom. The van der Waals surface area contributed by atoms with Crippen molar-refractivity contribution in [1.29, 1.82) is 0 Å². The van der Waals surface area contributed by atoms with Crippen molar-refractivity contribution in [3.05, 3.63) is 35.1 Å². The fraction of sp³-hybridized carbons (Fsp3) is 0.600. The Hall–Kier alpha value is -2.20. The normalized spacial score (nSPS) is 20.3.